The van der Waals surface area contributed by atoms with E-state index in [4.69, 9.17) is 0 Å². The van der Waals surface area contributed by atoms with Crippen LogP contribution < -0.4 is 0 Å². The normalized spacial score (nSPS) is 17.4. The first-order valence-electron chi connectivity index (χ1n) is 3.31. The van der Waals surface area contributed by atoms with Gasteiger partial charge in [-0.1, -0.05) is 19.6 Å². The predicted molar refractivity (Wildman–Crippen MR) is 43.4 cm³/mol. The second-order valence-electron chi connectivity index (χ2n) is 2.18. The van der Waals surface area contributed by atoms with Gasteiger partial charge in [0.15, 0.2) is 0 Å². The van der Waals surface area contributed by atoms with E-state index in [1.54, 1.807) is 0 Å². The molecule has 0 fully saturated rings. The Hall–Kier alpha value is -0.510. The minimum atomic E-state index is -0.261. The zero-order valence-electron chi connectivity index (χ0n) is 5.87. The average molecular weight is 158 g/mol. The molecule has 0 aromatic rings. The molecule has 1 aliphatic rings. The Morgan fingerprint density at radius 1 is 1.90 bits per heavy atom. The predicted octanol–water partition coefficient (Wildman–Crippen LogP) is 1.51. The van der Waals surface area contributed by atoms with Gasteiger partial charge in [0.05, 0.1) is 6.54 Å². The average Bonchev–Trinajstić information content (AvgIpc) is 2.34. The molecule has 0 aromatic heterocycles. The van der Waals surface area contributed by atoms with E-state index in [9.17, 15) is 4.79 Å². The summed E-state index contributed by atoms with van der Waals surface area (Å²) in [5.74, 6) is 0. The summed E-state index contributed by atoms with van der Waals surface area (Å²) in [6, 6.07) is 0. The van der Waals surface area contributed by atoms with Crippen LogP contribution in [0.4, 0.5) is 4.79 Å². The van der Waals surface area contributed by atoms with Crippen molar-refractivity contribution in [1.82, 2.24) is 5.01 Å². The lowest BCUT2D eigenvalue weighted by Gasteiger charge is -2.04. The summed E-state index contributed by atoms with van der Waals surface area (Å²) < 4.78 is 0. The van der Waals surface area contributed by atoms with Crippen LogP contribution in [0.3, 0.4) is 0 Å². The zero-order chi connectivity index (χ0) is 7.56. The number of hydrazone groups is 1. The van der Waals surface area contributed by atoms with Crippen molar-refractivity contribution in [3.63, 3.8) is 0 Å². The van der Waals surface area contributed by atoms with Gasteiger partial charge in [0.25, 0.3) is 5.24 Å². The SMILES string of the molecule is CCC1=NN(C(=O)S)CC1. The van der Waals surface area contributed by atoms with Gasteiger partial charge >= 0.3 is 0 Å². The Balaban J connectivity index is 2.55. The number of amides is 1. The van der Waals surface area contributed by atoms with E-state index >= 15 is 0 Å². The van der Waals surface area contributed by atoms with Crippen LogP contribution in [0.1, 0.15) is 19.8 Å². The molecular weight excluding hydrogens is 148 g/mol. The summed E-state index contributed by atoms with van der Waals surface area (Å²) in [5, 5.41) is 5.16. The molecule has 0 atom stereocenters. The number of thiol groups is 1. The van der Waals surface area contributed by atoms with Crippen LogP contribution >= 0.6 is 12.6 Å². The van der Waals surface area contributed by atoms with E-state index < -0.39 is 0 Å². The molecule has 1 amide bonds. The van der Waals surface area contributed by atoms with E-state index in [1.165, 1.54) is 5.01 Å². The third-order valence-electron chi connectivity index (χ3n) is 1.50. The Bertz CT molecular complexity index is 179. The van der Waals surface area contributed by atoms with Gasteiger partial charge in [0, 0.05) is 12.1 Å². The highest BCUT2D eigenvalue weighted by molar-refractivity contribution is 7.96. The van der Waals surface area contributed by atoms with Crippen molar-refractivity contribution in [3.8, 4) is 0 Å². The monoisotopic (exact) mass is 158 g/mol. The Kier molecular flexibility index (Phi) is 2.32. The molecule has 0 bridgehead atoms. The fourth-order valence-electron chi connectivity index (χ4n) is 0.892. The minimum absolute atomic E-state index is 0.261. The van der Waals surface area contributed by atoms with Crippen LogP contribution in [-0.4, -0.2) is 22.5 Å². The van der Waals surface area contributed by atoms with Crippen molar-refractivity contribution < 1.29 is 4.79 Å². The van der Waals surface area contributed by atoms with Crippen LogP contribution in [-0.2, 0) is 0 Å². The van der Waals surface area contributed by atoms with Crippen molar-refractivity contribution in [3.05, 3.63) is 0 Å². The minimum Gasteiger partial charge on any atom is -0.260 e. The van der Waals surface area contributed by atoms with Crippen LogP contribution in [0, 0.1) is 0 Å². The number of hydrogen-bond acceptors (Lipinski definition) is 2. The van der Waals surface area contributed by atoms with E-state index in [-0.39, 0.29) is 5.24 Å². The van der Waals surface area contributed by atoms with Gasteiger partial charge in [-0.05, 0) is 6.42 Å². The molecule has 0 unspecified atom stereocenters. The Labute approximate surface area is 65.5 Å². The summed E-state index contributed by atoms with van der Waals surface area (Å²) in [7, 11) is 0. The first-order chi connectivity index (χ1) is 4.74. The van der Waals surface area contributed by atoms with Gasteiger partial charge in [-0.15, -0.1) is 0 Å². The highest BCUT2D eigenvalue weighted by atomic mass is 32.1. The maximum absolute atomic E-state index is 10.6. The first kappa shape index (κ1) is 7.60. The molecule has 1 rings (SSSR count). The first-order valence-corrected chi connectivity index (χ1v) is 3.75. The fourth-order valence-corrected chi connectivity index (χ4v) is 1.04. The summed E-state index contributed by atoms with van der Waals surface area (Å²) in [6.45, 7) is 2.73. The number of carbonyl (C=O) groups excluding carboxylic acids is 1. The van der Waals surface area contributed by atoms with Crippen LogP contribution in [0.5, 0.6) is 0 Å². The van der Waals surface area contributed by atoms with Gasteiger partial charge < -0.3 is 0 Å². The van der Waals surface area contributed by atoms with Crippen LogP contribution in [0.2, 0.25) is 0 Å². The maximum atomic E-state index is 10.6. The highest BCUT2D eigenvalue weighted by Gasteiger charge is 2.15. The highest BCUT2D eigenvalue weighted by Crippen LogP contribution is 2.09. The second-order valence-corrected chi connectivity index (χ2v) is 2.56. The van der Waals surface area contributed by atoms with Crippen molar-refractivity contribution >= 4 is 23.6 Å². The lowest BCUT2D eigenvalue weighted by atomic mass is 10.2. The van der Waals surface area contributed by atoms with E-state index in [0.717, 1.165) is 18.6 Å². The largest absolute Gasteiger partial charge is 0.298 e. The molecule has 0 spiro atoms. The van der Waals surface area contributed by atoms with Gasteiger partial charge in [-0.2, -0.15) is 5.10 Å². The third-order valence-corrected chi connectivity index (χ3v) is 1.73. The van der Waals surface area contributed by atoms with Gasteiger partial charge in [-0.3, -0.25) is 4.79 Å². The maximum Gasteiger partial charge on any atom is 0.298 e. The molecule has 0 aliphatic carbocycles. The van der Waals surface area contributed by atoms with Crippen molar-refractivity contribution in [2.24, 2.45) is 5.10 Å². The lowest BCUT2D eigenvalue weighted by molar-refractivity contribution is 0.231. The molecule has 1 heterocycles. The van der Waals surface area contributed by atoms with Crippen molar-refractivity contribution in [1.29, 1.82) is 0 Å². The fraction of sp³-hybridized carbons (Fsp3) is 0.667. The molecule has 56 valence electrons. The Morgan fingerprint density at radius 3 is 2.90 bits per heavy atom. The molecule has 3 nitrogen and oxygen atoms in total. The van der Waals surface area contributed by atoms with E-state index in [2.05, 4.69) is 17.7 Å². The van der Waals surface area contributed by atoms with Gasteiger partial charge in [0.2, 0.25) is 0 Å². The number of carbonyl (C=O) groups is 1. The molecule has 0 aromatic carbocycles. The number of hydrogen-bond donors (Lipinski definition) is 1. The van der Waals surface area contributed by atoms with E-state index in [0.29, 0.717) is 6.54 Å². The molecule has 0 saturated carbocycles. The molecule has 0 saturated heterocycles. The summed E-state index contributed by atoms with van der Waals surface area (Å²) in [5.41, 5.74) is 1.09. The van der Waals surface area contributed by atoms with Gasteiger partial charge in [-0.25, -0.2) is 5.01 Å². The topological polar surface area (TPSA) is 32.7 Å². The van der Waals surface area contributed by atoms with E-state index in [1.807, 2.05) is 6.92 Å². The molecule has 1 aliphatic heterocycles. The zero-order valence-corrected chi connectivity index (χ0v) is 6.77. The lowest BCUT2D eigenvalue weighted by Crippen LogP contribution is -2.16. The molecular formula is C6H10N2OS. The van der Waals surface area contributed by atoms with Crippen LogP contribution in [0.15, 0.2) is 5.10 Å². The molecule has 10 heavy (non-hydrogen) atoms. The molecule has 4 heteroatoms. The second kappa shape index (κ2) is 3.05. The van der Waals surface area contributed by atoms with Crippen molar-refractivity contribution in [2.45, 2.75) is 19.8 Å². The standard InChI is InChI=1S/C6H10N2OS/c1-2-5-3-4-8(7-5)6(9)10/h2-4H2,1H3,(H,9,10). The van der Waals surface area contributed by atoms with Gasteiger partial charge in [0.1, 0.15) is 0 Å². The summed E-state index contributed by atoms with van der Waals surface area (Å²) >= 11 is 3.65. The Morgan fingerprint density at radius 2 is 2.60 bits per heavy atom. The molecule has 0 radical (unpaired) electrons. The number of rotatable bonds is 1. The summed E-state index contributed by atoms with van der Waals surface area (Å²) in [6.07, 6.45) is 1.83. The third kappa shape index (κ3) is 1.50. The molecule has 0 N–H and O–H groups in total. The number of nitrogens with zero attached hydrogens (tertiary/aromatic N) is 2. The smallest absolute Gasteiger partial charge is 0.260 e. The van der Waals surface area contributed by atoms with Crippen molar-refractivity contribution in [2.75, 3.05) is 6.54 Å². The quantitative estimate of drug-likeness (QED) is 0.576. The van der Waals surface area contributed by atoms with Crippen LogP contribution in [0.25, 0.3) is 0 Å². The summed E-state index contributed by atoms with van der Waals surface area (Å²) in [4.78, 5) is 10.6.